The number of aldehydes is 1. The molecule has 1 aliphatic heterocycles. The Balaban J connectivity index is 2.17. The number of rotatable bonds is 10. The number of hydrogen-bond donors (Lipinski definition) is 3. The highest BCUT2D eigenvalue weighted by Gasteiger charge is 2.40. The summed E-state index contributed by atoms with van der Waals surface area (Å²) < 4.78 is 0. The van der Waals surface area contributed by atoms with Crippen LogP contribution in [0.4, 0.5) is 0 Å². The van der Waals surface area contributed by atoms with Crippen LogP contribution in [0, 0.1) is 0 Å². The Morgan fingerprint density at radius 2 is 1.93 bits per heavy atom. The molecule has 2 fully saturated rings. The SMILES string of the molecule is CNCC(=O)N1CCC[C@H]1C(=O)N(C1CCCCC1)[C@H](C=O)CCCN=C(N)N. The maximum absolute atomic E-state index is 13.6. The minimum Gasteiger partial charge on any atom is -0.370 e. The van der Waals surface area contributed by atoms with E-state index in [1.54, 1.807) is 16.8 Å². The lowest BCUT2D eigenvalue weighted by Gasteiger charge is -2.40. The number of aliphatic imine (C=N–C) groups is 1. The van der Waals surface area contributed by atoms with Crippen LogP contribution >= 0.6 is 0 Å². The maximum atomic E-state index is 13.6. The predicted molar refractivity (Wildman–Crippen MR) is 112 cm³/mol. The largest absolute Gasteiger partial charge is 0.370 e. The third kappa shape index (κ3) is 6.42. The molecule has 2 amide bonds. The lowest BCUT2D eigenvalue weighted by Crippen LogP contribution is -2.56. The predicted octanol–water partition coefficient (Wildman–Crippen LogP) is -0.0208. The highest BCUT2D eigenvalue weighted by molar-refractivity contribution is 5.90. The molecule has 2 aliphatic rings. The summed E-state index contributed by atoms with van der Waals surface area (Å²) in [6, 6.07) is -0.934. The van der Waals surface area contributed by atoms with Crippen molar-refractivity contribution in [1.29, 1.82) is 0 Å². The maximum Gasteiger partial charge on any atom is 0.246 e. The molecule has 1 saturated carbocycles. The van der Waals surface area contributed by atoms with Crippen molar-refractivity contribution in [3.63, 3.8) is 0 Å². The van der Waals surface area contributed by atoms with Crippen LogP contribution in [0.1, 0.15) is 57.8 Å². The van der Waals surface area contributed by atoms with E-state index in [0.717, 1.165) is 44.8 Å². The van der Waals surface area contributed by atoms with Gasteiger partial charge in [-0.3, -0.25) is 14.6 Å². The summed E-state index contributed by atoms with van der Waals surface area (Å²) in [6.07, 6.45) is 8.54. The first-order valence-electron chi connectivity index (χ1n) is 10.8. The van der Waals surface area contributed by atoms with E-state index >= 15 is 0 Å². The van der Waals surface area contributed by atoms with Crippen molar-refractivity contribution in [3.8, 4) is 0 Å². The minimum absolute atomic E-state index is 0.0255. The van der Waals surface area contributed by atoms with Gasteiger partial charge in [-0.2, -0.15) is 0 Å². The summed E-state index contributed by atoms with van der Waals surface area (Å²) in [5.41, 5.74) is 10.7. The molecule has 164 valence electrons. The molecule has 0 aromatic carbocycles. The first kappa shape index (κ1) is 23.1. The first-order chi connectivity index (χ1) is 14.0. The van der Waals surface area contributed by atoms with Gasteiger partial charge in [0.05, 0.1) is 12.6 Å². The van der Waals surface area contributed by atoms with Gasteiger partial charge in [0.15, 0.2) is 5.96 Å². The van der Waals surface area contributed by atoms with Gasteiger partial charge in [-0.15, -0.1) is 0 Å². The van der Waals surface area contributed by atoms with E-state index in [2.05, 4.69) is 10.3 Å². The minimum atomic E-state index is -0.512. The zero-order chi connectivity index (χ0) is 21.2. The number of carbonyl (C=O) groups is 3. The van der Waals surface area contributed by atoms with E-state index < -0.39 is 12.1 Å². The van der Waals surface area contributed by atoms with Gasteiger partial charge in [-0.1, -0.05) is 19.3 Å². The summed E-state index contributed by atoms with van der Waals surface area (Å²) in [4.78, 5) is 45.5. The molecule has 9 heteroatoms. The van der Waals surface area contributed by atoms with Gasteiger partial charge < -0.3 is 31.4 Å². The van der Waals surface area contributed by atoms with E-state index in [1.165, 1.54) is 0 Å². The van der Waals surface area contributed by atoms with Crippen LogP contribution in [0.5, 0.6) is 0 Å². The standard InChI is InChI=1S/C20H36N6O3/c1-23-13-18(28)25-12-6-10-17(25)19(29)26(15-7-3-2-4-8-15)16(14-27)9-5-11-24-20(21)22/h14-17,23H,2-13H2,1H3,(H4,21,22,24)/t16-,17-/m0/s1. The molecule has 5 N–H and O–H groups in total. The van der Waals surface area contributed by atoms with Crippen molar-refractivity contribution in [2.24, 2.45) is 16.5 Å². The molecule has 9 nitrogen and oxygen atoms in total. The lowest BCUT2D eigenvalue weighted by molar-refractivity contribution is -0.149. The van der Waals surface area contributed by atoms with Crippen molar-refractivity contribution in [3.05, 3.63) is 0 Å². The number of nitrogens with one attached hydrogen (secondary N) is 1. The molecule has 0 radical (unpaired) electrons. The summed E-state index contributed by atoms with van der Waals surface area (Å²) >= 11 is 0. The second-order valence-electron chi connectivity index (χ2n) is 7.97. The fourth-order valence-electron chi connectivity index (χ4n) is 4.50. The van der Waals surface area contributed by atoms with Crippen LogP contribution in [-0.4, -0.2) is 78.7 Å². The van der Waals surface area contributed by atoms with Gasteiger partial charge in [-0.25, -0.2) is 0 Å². The number of likely N-dealkylation sites (tertiary alicyclic amines) is 1. The van der Waals surface area contributed by atoms with Crippen LogP contribution in [0.15, 0.2) is 4.99 Å². The van der Waals surface area contributed by atoms with Gasteiger partial charge in [-0.05, 0) is 45.6 Å². The lowest BCUT2D eigenvalue weighted by atomic mass is 9.91. The Bertz CT molecular complexity index is 587. The van der Waals surface area contributed by atoms with Crippen molar-refractivity contribution < 1.29 is 14.4 Å². The highest BCUT2D eigenvalue weighted by atomic mass is 16.2. The second kappa shape index (κ2) is 11.7. The molecule has 1 saturated heterocycles. The van der Waals surface area contributed by atoms with Crippen LogP contribution < -0.4 is 16.8 Å². The molecule has 2 atom stereocenters. The molecule has 0 bridgehead atoms. The van der Waals surface area contributed by atoms with Crippen LogP contribution in [0.2, 0.25) is 0 Å². The van der Waals surface area contributed by atoms with Crippen molar-refractivity contribution >= 4 is 24.1 Å². The Morgan fingerprint density at radius 1 is 1.21 bits per heavy atom. The van der Waals surface area contributed by atoms with Gasteiger partial charge in [0.25, 0.3) is 0 Å². The Labute approximate surface area is 173 Å². The molecular weight excluding hydrogens is 372 g/mol. The highest BCUT2D eigenvalue weighted by Crippen LogP contribution is 2.29. The Kier molecular flexibility index (Phi) is 9.37. The average molecular weight is 409 g/mol. The van der Waals surface area contributed by atoms with Gasteiger partial charge in [0, 0.05) is 19.1 Å². The quantitative estimate of drug-likeness (QED) is 0.201. The number of likely N-dealkylation sites (N-methyl/N-ethyl adjacent to an activating group) is 1. The second-order valence-corrected chi connectivity index (χ2v) is 7.97. The van der Waals surface area contributed by atoms with Gasteiger partial charge >= 0.3 is 0 Å². The topological polar surface area (TPSA) is 134 Å². The van der Waals surface area contributed by atoms with Crippen molar-refractivity contribution in [1.82, 2.24) is 15.1 Å². The third-order valence-corrected chi connectivity index (χ3v) is 5.88. The zero-order valence-electron chi connectivity index (χ0n) is 17.5. The zero-order valence-corrected chi connectivity index (χ0v) is 17.5. The fraction of sp³-hybridized carbons (Fsp3) is 0.800. The number of guanidine groups is 1. The van der Waals surface area contributed by atoms with E-state index in [1.807, 2.05) is 0 Å². The fourth-order valence-corrected chi connectivity index (χ4v) is 4.50. The number of nitrogens with two attached hydrogens (primary N) is 2. The van der Waals surface area contributed by atoms with Crippen LogP contribution in [0.3, 0.4) is 0 Å². The average Bonchev–Trinajstić information content (AvgIpc) is 3.20. The molecular formula is C20H36N6O3. The molecule has 29 heavy (non-hydrogen) atoms. The molecule has 1 heterocycles. The van der Waals surface area contributed by atoms with Gasteiger partial charge in [0.1, 0.15) is 12.3 Å². The molecule has 1 aliphatic carbocycles. The van der Waals surface area contributed by atoms with Crippen LogP contribution in [-0.2, 0) is 14.4 Å². The Morgan fingerprint density at radius 3 is 2.55 bits per heavy atom. The normalized spacial score (nSPS) is 20.9. The van der Waals surface area contributed by atoms with E-state index in [9.17, 15) is 14.4 Å². The van der Waals surface area contributed by atoms with Crippen LogP contribution in [0.25, 0.3) is 0 Å². The van der Waals surface area contributed by atoms with Gasteiger partial charge in [0.2, 0.25) is 11.8 Å². The summed E-state index contributed by atoms with van der Waals surface area (Å²) in [5.74, 6) is -0.127. The van der Waals surface area contributed by atoms with Crippen molar-refractivity contribution in [2.75, 3.05) is 26.7 Å². The van der Waals surface area contributed by atoms with E-state index in [0.29, 0.717) is 32.4 Å². The molecule has 0 spiro atoms. The number of nitrogens with zero attached hydrogens (tertiary/aromatic N) is 3. The van der Waals surface area contributed by atoms with E-state index in [4.69, 9.17) is 11.5 Å². The Hall–Kier alpha value is -2.16. The summed E-state index contributed by atoms with van der Waals surface area (Å²) in [5, 5.41) is 2.87. The number of amides is 2. The van der Waals surface area contributed by atoms with E-state index in [-0.39, 0.29) is 30.4 Å². The molecule has 0 unspecified atom stereocenters. The third-order valence-electron chi connectivity index (χ3n) is 5.88. The smallest absolute Gasteiger partial charge is 0.246 e. The first-order valence-corrected chi connectivity index (χ1v) is 10.8. The monoisotopic (exact) mass is 408 g/mol. The molecule has 0 aromatic heterocycles. The molecule has 0 aromatic rings. The number of hydrogen-bond acceptors (Lipinski definition) is 5. The van der Waals surface area contributed by atoms with Crippen molar-refractivity contribution in [2.45, 2.75) is 75.9 Å². The summed E-state index contributed by atoms with van der Waals surface area (Å²) in [7, 11) is 1.72. The molecule has 2 rings (SSSR count). The summed E-state index contributed by atoms with van der Waals surface area (Å²) in [6.45, 7) is 1.23. The number of carbonyl (C=O) groups excluding carboxylic acids is 3.